The first kappa shape index (κ1) is 17.0. The molecule has 7 nitrogen and oxygen atoms in total. The summed E-state index contributed by atoms with van der Waals surface area (Å²) in [6.07, 6.45) is 8.88. The van der Waals surface area contributed by atoms with E-state index in [1.807, 2.05) is 30.4 Å². The maximum Gasteiger partial charge on any atom is 0.225 e. The quantitative estimate of drug-likeness (QED) is 0.705. The second kappa shape index (κ2) is 7.03. The molecule has 1 saturated heterocycles. The molecule has 0 unspecified atom stereocenters. The van der Waals surface area contributed by atoms with Crippen LogP contribution in [-0.2, 0) is 11.3 Å². The minimum atomic E-state index is 0.0686. The molecular weight excluding hydrogens is 348 g/mol. The number of imidazole rings is 1. The van der Waals surface area contributed by atoms with E-state index in [1.165, 1.54) is 0 Å². The van der Waals surface area contributed by atoms with E-state index in [9.17, 15) is 4.79 Å². The Balaban J connectivity index is 1.39. The Labute approximate surface area is 156 Å². The summed E-state index contributed by atoms with van der Waals surface area (Å²) in [5, 5.41) is 2.02. The molecule has 3 aromatic heterocycles. The van der Waals surface area contributed by atoms with Gasteiger partial charge in [0.1, 0.15) is 5.82 Å². The Morgan fingerprint density at radius 1 is 1.35 bits per heavy atom. The number of carbonyl (C=O) groups is 1. The van der Waals surface area contributed by atoms with E-state index in [0.29, 0.717) is 6.54 Å². The Bertz CT molecular complexity index is 897. The number of nitrogens with zero attached hydrogens (tertiary/aromatic N) is 6. The Morgan fingerprint density at radius 3 is 2.88 bits per heavy atom. The standard InChI is InChI=1S/C18H22N6OS/c1-13-15(24-9-10-26-18(24)21-13)12-22(2)17(25)14-3-7-23(8-4-14)16-11-19-5-6-20-16/h5-6,9-11,14H,3-4,7-8,12H2,1-2H3. The molecule has 4 rings (SSSR count). The fourth-order valence-corrected chi connectivity index (χ4v) is 4.33. The zero-order valence-corrected chi connectivity index (χ0v) is 15.8. The molecule has 1 aliphatic heterocycles. The Hall–Kier alpha value is -2.48. The lowest BCUT2D eigenvalue weighted by Gasteiger charge is -2.33. The first-order valence-corrected chi connectivity index (χ1v) is 9.68. The lowest BCUT2D eigenvalue weighted by Crippen LogP contribution is -2.41. The third-order valence-corrected chi connectivity index (χ3v) is 5.80. The van der Waals surface area contributed by atoms with Gasteiger partial charge in [-0.25, -0.2) is 9.97 Å². The van der Waals surface area contributed by atoms with Crippen LogP contribution in [0.1, 0.15) is 24.2 Å². The van der Waals surface area contributed by atoms with Gasteiger partial charge in [0, 0.05) is 50.0 Å². The van der Waals surface area contributed by atoms with E-state index < -0.39 is 0 Å². The van der Waals surface area contributed by atoms with Crippen molar-refractivity contribution in [2.24, 2.45) is 5.92 Å². The van der Waals surface area contributed by atoms with Crippen LogP contribution in [0.3, 0.4) is 0 Å². The van der Waals surface area contributed by atoms with Crippen molar-refractivity contribution in [2.45, 2.75) is 26.3 Å². The number of thiazole rings is 1. The minimum Gasteiger partial charge on any atom is -0.355 e. The van der Waals surface area contributed by atoms with Crippen molar-refractivity contribution in [3.05, 3.63) is 41.6 Å². The van der Waals surface area contributed by atoms with Crippen LogP contribution in [-0.4, -0.2) is 50.3 Å². The first-order chi connectivity index (χ1) is 12.6. The van der Waals surface area contributed by atoms with Gasteiger partial charge in [0.05, 0.1) is 24.1 Å². The fourth-order valence-electron chi connectivity index (χ4n) is 3.56. The highest BCUT2D eigenvalue weighted by molar-refractivity contribution is 7.15. The summed E-state index contributed by atoms with van der Waals surface area (Å²) in [4.78, 5) is 31.0. The van der Waals surface area contributed by atoms with Crippen LogP contribution < -0.4 is 4.90 Å². The van der Waals surface area contributed by atoms with Crippen molar-refractivity contribution in [1.82, 2.24) is 24.3 Å². The maximum absolute atomic E-state index is 12.9. The molecule has 0 bridgehead atoms. The molecule has 0 aliphatic carbocycles. The van der Waals surface area contributed by atoms with Crippen LogP contribution in [0.5, 0.6) is 0 Å². The molecule has 136 valence electrons. The zero-order valence-electron chi connectivity index (χ0n) is 15.0. The van der Waals surface area contributed by atoms with Gasteiger partial charge in [-0.15, -0.1) is 11.3 Å². The van der Waals surface area contributed by atoms with Gasteiger partial charge in [-0.05, 0) is 19.8 Å². The van der Waals surface area contributed by atoms with Crippen molar-refractivity contribution in [1.29, 1.82) is 0 Å². The van der Waals surface area contributed by atoms with Crippen molar-refractivity contribution >= 4 is 28.0 Å². The van der Waals surface area contributed by atoms with Gasteiger partial charge >= 0.3 is 0 Å². The van der Waals surface area contributed by atoms with Crippen molar-refractivity contribution < 1.29 is 4.79 Å². The molecule has 1 amide bonds. The molecule has 0 radical (unpaired) electrons. The predicted octanol–water partition coefficient (Wildman–Crippen LogP) is 2.37. The Kier molecular flexibility index (Phi) is 4.58. The molecule has 1 fully saturated rings. The normalized spacial score (nSPS) is 15.5. The van der Waals surface area contributed by atoms with Crippen molar-refractivity contribution in [3.63, 3.8) is 0 Å². The minimum absolute atomic E-state index is 0.0686. The van der Waals surface area contributed by atoms with E-state index in [-0.39, 0.29) is 11.8 Å². The molecule has 26 heavy (non-hydrogen) atoms. The average Bonchev–Trinajstić information content (AvgIpc) is 3.24. The van der Waals surface area contributed by atoms with E-state index >= 15 is 0 Å². The third-order valence-electron chi connectivity index (χ3n) is 5.04. The molecular formula is C18H22N6OS. The van der Waals surface area contributed by atoms with E-state index in [1.54, 1.807) is 29.9 Å². The first-order valence-electron chi connectivity index (χ1n) is 8.80. The molecule has 4 heterocycles. The fraction of sp³-hybridized carbons (Fsp3) is 0.444. The molecule has 0 saturated carbocycles. The van der Waals surface area contributed by atoms with Crippen LogP contribution in [0, 0.1) is 12.8 Å². The van der Waals surface area contributed by atoms with Crippen molar-refractivity contribution in [2.75, 3.05) is 25.0 Å². The van der Waals surface area contributed by atoms with Crippen molar-refractivity contribution in [3.8, 4) is 0 Å². The number of rotatable bonds is 4. The summed E-state index contributed by atoms with van der Waals surface area (Å²) in [6, 6.07) is 0. The third kappa shape index (κ3) is 3.16. The molecule has 0 spiro atoms. The summed E-state index contributed by atoms with van der Waals surface area (Å²) in [7, 11) is 1.89. The number of aromatic nitrogens is 4. The van der Waals surface area contributed by atoms with Crippen LogP contribution in [0.15, 0.2) is 30.2 Å². The van der Waals surface area contributed by atoms with Gasteiger partial charge in [0.2, 0.25) is 5.91 Å². The highest BCUT2D eigenvalue weighted by Crippen LogP contribution is 2.24. The van der Waals surface area contributed by atoms with Crippen LogP contribution in [0.25, 0.3) is 4.96 Å². The zero-order chi connectivity index (χ0) is 18.1. The van der Waals surface area contributed by atoms with E-state index in [4.69, 9.17) is 0 Å². The molecule has 8 heteroatoms. The van der Waals surface area contributed by atoms with Crippen LogP contribution in [0.4, 0.5) is 5.82 Å². The van der Waals surface area contributed by atoms with Gasteiger partial charge in [-0.2, -0.15) is 0 Å². The summed E-state index contributed by atoms with van der Waals surface area (Å²) in [6.45, 7) is 4.27. The highest BCUT2D eigenvalue weighted by Gasteiger charge is 2.28. The average molecular weight is 370 g/mol. The van der Waals surface area contributed by atoms with Gasteiger partial charge in [-0.3, -0.25) is 14.2 Å². The summed E-state index contributed by atoms with van der Waals surface area (Å²) in [5.74, 6) is 1.17. The molecule has 0 N–H and O–H groups in total. The highest BCUT2D eigenvalue weighted by atomic mass is 32.1. The maximum atomic E-state index is 12.9. The number of hydrogen-bond donors (Lipinski definition) is 0. The molecule has 1 aliphatic rings. The second-order valence-corrected chi connectivity index (χ2v) is 7.59. The molecule has 0 aromatic carbocycles. The topological polar surface area (TPSA) is 66.6 Å². The van der Waals surface area contributed by atoms with Gasteiger partial charge in [0.25, 0.3) is 0 Å². The lowest BCUT2D eigenvalue weighted by atomic mass is 9.95. The van der Waals surface area contributed by atoms with E-state index in [0.717, 1.165) is 48.1 Å². The number of amides is 1. The van der Waals surface area contributed by atoms with Crippen LogP contribution in [0.2, 0.25) is 0 Å². The largest absolute Gasteiger partial charge is 0.355 e. The van der Waals surface area contributed by atoms with Gasteiger partial charge < -0.3 is 9.80 Å². The lowest BCUT2D eigenvalue weighted by molar-refractivity contribution is -0.135. The van der Waals surface area contributed by atoms with Crippen LogP contribution >= 0.6 is 11.3 Å². The predicted molar refractivity (Wildman–Crippen MR) is 101 cm³/mol. The monoisotopic (exact) mass is 370 g/mol. The van der Waals surface area contributed by atoms with Gasteiger partial charge in [-0.1, -0.05) is 0 Å². The second-order valence-electron chi connectivity index (χ2n) is 6.72. The molecule has 3 aromatic rings. The molecule has 0 atom stereocenters. The number of hydrogen-bond acceptors (Lipinski definition) is 6. The number of carbonyl (C=O) groups excluding carboxylic acids is 1. The van der Waals surface area contributed by atoms with E-state index in [2.05, 4.69) is 24.3 Å². The Morgan fingerprint density at radius 2 is 2.15 bits per heavy atom. The SMILES string of the molecule is Cc1nc2sccn2c1CN(C)C(=O)C1CCN(c2cnccn2)CC1. The summed E-state index contributed by atoms with van der Waals surface area (Å²) in [5.41, 5.74) is 2.09. The van der Waals surface area contributed by atoms with Gasteiger partial charge in [0.15, 0.2) is 4.96 Å². The number of aryl methyl sites for hydroxylation is 1. The number of piperidine rings is 1. The summed E-state index contributed by atoms with van der Waals surface area (Å²) >= 11 is 1.62. The number of fused-ring (bicyclic) bond motifs is 1. The smallest absolute Gasteiger partial charge is 0.225 e. The number of anilines is 1. The summed E-state index contributed by atoms with van der Waals surface area (Å²) < 4.78 is 2.08.